The summed E-state index contributed by atoms with van der Waals surface area (Å²) in [5.41, 5.74) is 5.05. The van der Waals surface area contributed by atoms with Crippen LogP contribution in [0, 0.1) is 5.41 Å². The molecule has 0 radical (unpaired) electrons. The maximum Gasteiger partial charge on any atom is 0.145 e. The van der Waals surface area contributed by atoms with Gasteiger partial charge in [0.05, 0.1) is 5.71 Å². The van der Waals surface area contributed by atoms with Crippen molar-refractivity contribution in [1.29, 1.82) is 5.41 Å². The van der Waals surface area contributed by atoms with E-state index in [9.17, 15) is 5.11 Å². The average Bonchev–Trinajstić information content (AvgIpc) is 2.80. The first-order chi connectivity index (χ1) is 15.7. The second-order valence-corrected chi connectivity index (χ2v) is 9.68. The van der Waals surface area contributed by atoms with Crippen LogP contribution < -0.4 is 10.6 Å². The Morgan fingerprint density at radius 3 is 2.21 bits per heavy atom. The number of aliphatic hydroxyl groups excluding tert-OH is 1. The smallest absolute Gasteiger partial charge is 0.145 e. The van der Waals surface area contributed by atoms with Crippen molar-refractivity contribution in [2.45, 2.75) is 51.3 Å². The third-order valence-corrected chi connectivity index (χ3v) is 6.04. The molecule has 5 nitrogen and oxygen atoms in total. The van der Waals surface area contributed by atoms with Crippen molar-refractivity contribution in [2.75, 3.05) is 13.6 Å². The van der Waals surface area contributed by atoms with E-state index in [2.05, 4.69) is 43.5 Å². The molecule has 0 aromatic heterocycles. The second-order valence-electron chi connectivity index (χ2n) is 8.03. The standard InChI is InChI=1S/C27H36N4OS/c1-7-30-17-21-8-10-23(11-9-21)25(28)16-26(32)27(20(5)29-6)31-19(4)22-12-14-24(15-13-22)33-18(2)3/h8-16,18,28-30,32H,7,17H2,1-6H3/b26-16-,27-20-,28-25?,31-19+. The Balaban J connectivity index is 2.26. The van der Waals surface area contributed by atoms with Gasteiger partial charge in [-0.05, 0) is 49.2 Å². The van der Waals surface area contributed by atoms with Crippen LogP contribution in [0.2, 0.25) is 0 Å². The van der Waals surface area contributed by atoms with Gasteiger partial charge in [0.25, 0.3) is 0 Å². The topological polar surface area (TPSA) is 80.5 Å². The van der Waals surface area contributed by atoms with E-state index in [0.29, 0.717) is 10.9 Å². The molecule has 0 aliphatic heterocycles. The van der Waals surface area contributed by atoms with E-state index < -0.39 is 0 Å². The number of aliphatic hydroxyl groups is 1. The van der Waals surface area contributed by atoms with Gasteiger partial charge in [0.2, 0.25) is 0 Å². The molecule has 0 aliphatic rings. The minimum absolute atomic E-state index is 0.0464. The molecule has 2 aromatic carbocycles. The highest BCUT2D eigenvalue weighted by atomic mass is 32.2. The summed E-state index contributed by atoms with van der Waals surface area (Å²) in [6, 6.07) is 16.1. The van der Waals surface area contributed by atoms with E-state index in [1.54, 1.807) is 7.05 Å². The van der Waals surface area contributed by atoms with E-state index in [4.69, 9.17) is 10.4 Å². The molecule has 0 spiro atoms. The van der Waals surface area contributed by atoms with Gasteiger partial charge in [0.1, 0.15) is 11.5 Å². The third kappa shape index (κ3) is 8.22. The molecule has 0 atom stereocenters. The van der Waals surface area contributed by atoms with Crippen LogP contribution in [0.4, 0.5) is 0 Å². The normalized spacial score (nSPS) is 13.2. The zero-order chi connectivity index (χ0) is 24.4. The van der Waals surface area contributed by atoms with Gasteiger partial charge in [-0.1, -0.05) is 57.2 Å². The van der Waals surface area contributed by atoms with E-state index in [-0.39, 0.29) is 11.5 Å². The summed E-state index contributed by atoms with van der Waals surface area (Å²) in [5, 5.41) is 26.2. The number of nitrogens with one attached hydrogen (secondary N) is 3. The van der Waals surface area contributed by atoms with Gasteiger partial charge in [0.15, 0.2) is 0 Å². The number of hydrogen-bond donors (Lipinski definition) is 4. The molecule has 4 N–H and O–H groups in total. The van der Waals surface area contributed by atoms with Crippen molar-refractivity contribution < 1.29 is 5.11 Å². The fourth-order valence-corrected chi connectivity index (χ4v) is 3.93. The van der Waals surface area contributed by atoms with Crippen molar-refractivity contribution in [3.8, 4) is 0 Å². The summed E-state index contributed by atoms with van der Waals surface area (Å²) in [4.78, 5) is 5.93. The first kappa shape index (κ1) is 26.4. The average molecular weight is 465 g/mol. The van der Waals surface area contributed by atoms with Crippen molar-refractivity contribution in [1.82, 2.24) is 10.6 Å². The highest BCUT2D eigenvalue weighted by molar-refractivity contribution is 7.99. The van der Waals surface area contributed by atoms with Crippen molar-refractivity contribution >= 4 is 23.2 Å². The Morgan fingerprint density at radius 2 is 1.67 bits per heavy atom. The maximum atomic E-state index is 10.9. The predicted molar refractivity (Wildman–Crippen MR) is 143 cm³/mol. The monoisotopic (exact) mass is 464 g/mol. The Morgan fingerprint density at radius 1 is 1.06 bits per heavy atom. The van der Waals surface area contributed by atoms with Crippen LogP contribution in [-0.2, 0) is 6.54 Å². The van der Waals surface area contributed by atoms with Crippen LogP contribution in [-0.4, -0.2) is 35.4 Å². The van der Waals surface area contributed by atoms with Gasteiger partial charge in [-0.25, -0.2) is 4.99 Å². The lowest BCUT2D eigenvalue weighted by Gasteiger charge is -2.11. The quantitative estimate of drug-likeness (QED) is 0.141. The SMILES string of the molecule is CCNCc1ccc(C(=N)/C=C(O)/C(/N=C(\C)c2ccc(SC(C)C)cc2)=C(\C)NC)cc1. The lowest BCUT2D eigenvalue weighted by Crippen LogP contribution is -2.11. The Hall–Kier alpha value is -2.83. The Labute approximate surface area is 202 Å². The summed E-state index contributed by atoms with van der Waals surface area (Å²) in [5.74, 6) is -0.0464. The lowest BCUT2D eigenvalue weighted by atomic mass is 10.1. The van der Waals surface area contributed by atoms with Crippen LogP contribution in [0.25, 0.3) is 0 Å². The van der Waals surface area contributed by atoms with Gasteiger partial charge in [-0.2, -0.15) is 0 Å². The summed E-state index contributed by atoms with van der Waals surface area (Å²) in [7, 11) is 1.79. The molecule has 0 saturated carbocycles. The molecular weight excluding hydrogens is 428 g/mol. The fraction of sp³-hybridized carbons (Fsp3) is 0.333. The lowest BCUT2D eigenvalue weighted by molar-refractivity contribution is 0.421. The zero-order valence-electron chi connectivity index (χ0n) is 20.5. The van der Waals surface area contributed by atoms with Crippen LogP contribution in [0.1, 0.15) is 51.3 Å². The molecule has 2 rings (SSSR count). The summed E-state index contributed by atoms with van der Waals surface area (Å²) < 4.78 is 0. The van der Waals surface area contributed by atoms with Crippen LogP contribution >= 0.6 is 11.8 Å². The molecule has 0 saturated heterocycles. The third-order valence-electron chi connectivity index (χ3n) is 5.02. The number of nitrogens with zero attached hydrogens (tertiary/aromatic N) is 1. The van der Waals surface area contributed by atoms with Gasteiger partial charge < -0.3 is 21.1 Å². The van der Waals surface area contributed by atoms with Gasteiger partial charge in [0, 0.05) is 41.2 Å². The molecule has 0 unspecified atom stereocenters. The minimum Gasteiger partial charge on any atom is -0.506 e. The first-order valence-electron chi connectivity index (χ1n) is 11.3. The van der Waals surface area contributed by atoms with E-state index in [1.807, 2.05) is 62.0 Å². The minimum atomic E-state index is -0.0464. The van der Waals surface area contributed by atoms with Gasteiger partial charge >= 0.3 is 0 Å². The van der Waals surface area contributed by atoms with E-state index in [0.717, 1.165) is 41.2 Å². The van der Waals surface area contributed by atoms with Crippen molar-refractivity contribution in [3.05, 3.63) is 88.5 Å². The first-order valence-corrected chi connectivity index (χ1v) is 12.1. The Kier molecular flexibility index (Phi) is 10.4. The summed E-state index contributed by atoms with van der Waals surface area (Å²) >= 11 is 1.82. The van der Waals surface area contributed by atoms with Crippen LogP contribution in [0.3, 0.4) is 0 Å². The number of benzene rings is 2. The number of rotatable bonds is 11. The summed E-state index contributed by atoms with van der Waals surface area (Å²) in [6.07, 6.45) is 1.45. The maximum absolute atomic E-state index is 10.9. The zero-order valence-corrected chi connectivity index (χ0v) is 21.3. The highest BCUT2D eigenvalue weighted by Gasteiger charge is 2.11. The molecule has 33 heavy (non-hydrogen) atoms. The van der Waals surface area contributed by atoms with Crippen LogP contribution in [0.5, 0.6) is 0 Å². The number of hydrogen-bond acceptors (Lipinski definition) is 6. The Bertz CT molecular complexity index is 1020. The molecular formula is C27H36N4OS. The fourth-order valence-electron chi connectivity index (χ4n) is 3.09. The van der Waals surface area contributed by atoms with Gasteiger partial charge in [-0.15, -0.1) is 11.8 Å². The number of aliphatic imine (C=N–C) groups is 1. The van der Waals surface area contributed by atoms with E-state index in [1.165, 1.54) is 11.0 Å². The van der Waals surface area contributed by atoms with Gasteiger partial charge in [-0.3, -0.25) is 0 Å². The largest absolute Gasteiger partial charge is 0.506 e. The van der Waals surface area contributed by atoms with Crippen molar-refractivity contribution in [2.24, 2.45) is 4.99 Å². The summed E-state index contributed by atoms with van der Waals surface area (Å²) in [6.45, 7) is 11.9. The number of allylic oxidation sites excluding steroid dienone is 2. The molecule has 0 amide bonds. The molecule has 0 fully saturated rings. The van der Waals surface area contributed by atoms with Crippen LogP contribution in [0.15, 0.2) is 81.6 Å². The highest BCUT2D eigenvalue weighted by Crippen LogP contribution is 2.23. The molecule has 6 heteroatoms. The molecule has 2 aromatic rings. The predicted octanol–water partition coefficient (Wildman–Crippen LogP) is 6.07. The number of thioether (sulfide) groups is 1. The molecule has 0 aliphatic carbocycles. The molecule has 0 bridgehead atoms. The second kappa shape index (κ2) is 13.0. The molecule has 0 heterocycles. The van der Waals surface area contributed by atoms with E-state index >= 15 is 0 Å². The van der Waals surface area contributed by atoms with Crippen molar-refractivity contribution in [3.63, 3.8) is 0 Å². The molecule has 176 valence electrons.